The zero-order valence-electron chi connectivity index (χ0n) is 14.8. The van der Waals surface area contributed by atoms with E-state index in [-0.39, 0.29) is 11.8 Å². The van der Waals surface area contributed by atoms with Gasteiger partial charge in [-0.3, -0.25) is 9.59 Å². The lowest BCUT2D eigenvalue weighted by Gasteiger charge is -2.25. The number of carbonyl (C=O) groups is 2. The van der Waals surface area contributed by atoms with Gasteiger partial charge < -0.3 is 10.2 Å². The Balaban J connectivity index is 1.87. The molecule has 0 bridgehead atoms. The maximum atomic E-state index is 12.9. The first-order valence-electron chi connectivity index (χ1n) is 8.85. The van der Waals surface area contributed by atoms with E-state index in [0.29, 0.717) is 18.7 Å². The summed E-state index contributed by atoms with van der Waals surface area (Å²) in [5.74, 6) is -0.175. The molecule has 4 heteroatoms. The molecule has 0 spiro atoms. The van der Waals surface area contributed by atoms with E-state index < -0.39 is 6.04 Å². The number of rotatable bonds is 6. The molecule has 1 N–H and O–H groups in total. The lowest BCUT2D eigenvalue weighted by Crippen LogP contribution is -2.39. The van der Waals surface area contributed by atoms with Crippen molar-refractivity contribution in [1.82, 2.24) is 10.2 Å². The van der Waals surface area contributed by atoms with Gasteiger partial charge in [-0.15, -0.1) is 0 Å². The molecule has 130 valence electrons. The van der Waals surface area contributed by atoms with E-state index >= 15 is 0 Å². The maximum Gasteiger partial charge on any atom is 0.255 e. The molecule has 0 fully saturated rings. The minimum Gasteiger partial charge on any atom is -0.354 e. The molecule has 3 rings (SSSR count). The molecule has 1 atom stereocenters. The Labute approximate surface area is 148 Å². The summed E-state index contributed by atoms with van der Waals surface area (Å²) in [7, 11) is 0. The van der Waals surface area contributed by atoms with Crippen molar-refractivity contribution in [3.05, 3.63) is 70.8 Å². The highest BCUT2D eigenvalue weighted by Gasteiger charge is 2.40. The van der Waals surface area contributed by atoms with Crippen molar-refractivity contribution >= 4 is 11.8 Å². The summed E-state index contributed by atoms with van der Waals surface area (Å²) in [4.78, 5) is 27.3. The maximum absolute atomic E-state index is 12.9. The fraction of sp³-hybridized carbons (Fsp3) is 0.333. The molecule has 4 nitrogen and oxygen atoms in total. The first-order chi connectivity index (χ1) is 12.1. The van der Waals surface area contributed by atoms with E-state index in [4.69, 9.17) is 0 Å². The Morgan fingerprint density at radius 2 is 1.84 bits per heavy atom. The Bertz CT molecular complexity index is 768. The molecule has 1 aliphatic heterocycles. The van der Waals surface area contributed by atoms with Crippen LogP contribution in [-0.2, 0) is 11.3 Å². The molecule has 0 aromatic heterocycles. The van der Waals surface area contributed by atoms with Crippen LogP contribution in [0.3, 0.4) is 0 Å². The van der Waals surface area contributed by atoms with Gasteiger partial charge in [-0.05, 0) is 30.5 Å². The summed E-state index contributed by atoms with van der Waals surface area (Å²) in [6.45, 7) is 5.19. The zero-order chi connectivity index (χ0) is 17.8. The summed E-state index contributed by atoms with van der Waals surface area (Å²) in [5, 5.41) is 2.98. The number of nitrogens with one attached hydrogen (secondary N) is 1. The van der Waals surface area contributed by atoms with Crippen LogP contribution in [-0.4, -0.2) is 23.3 Å². The predicted molar refractivity (Wildman–Crippen MR) is 98.2 cm³/mol. The number of carbonyl (C=O) groups excluding carboxylic acids is 2. The van der Waals surface area contributed by atoms with Gasteiger partial charge in [-0.2, -0.15) is 0 Å². The molecule has 0 aliphatic carbocycles. The van der Waals surface area contributed by atoms with Gasteiger partial charge in [-0.1, -0.05) is 61.4 Å². The normalized spacial score (nSPS) is 16.0. The first kappa shape index (κ1) is 17.2. The van der Waals surface area contributed by atoms with Crippen molar-refractivity contribution in [3.63, 3.8) is 0 Å². The SMILES string of the molecule is CCCCNC(=O)C1c2ccccc2C(=O)N1Cc1ccc(C)cc1. The van der Waals surface area contributed by atoms with Crippen molar-refractivity contribution in [2.45, 2.75) is 39.3 Å². The molecule has 1 unspecified atom stereocenters. The van der Waals surface area contributed by atoms with Crippen LogP contribution in [0.1, 0.15) is 52.9 Å². The Morgan fingerprint density at radius 3 is 2.56 bits per heavy atom. The lowest BCUT2D eigenvalue weighted by atomic mass is 10.0. The van der Waals surface area contributed by atoms with Crippen LogP contribution in [0.2, 0.25) is 0 Å². The number of aryl methyl sites for hydroxylation is 1. The van der Waals surface area contributed by atoms with Crippen LogP contribution >= 0.6 is 0 Å². The summed E-state index contributed by atoms with van der Waals surface area (Å²) in [5.41, 5.74) is 3.63. The minimum atomic E-state index is -0.554. The number of nitrogens with zero attached hydrogens (tertiary/aromatic N) is 1. The van der Waals surface area contributed by atoms with Crippen molar-refractivity contribution < 1.29 is 9.59 Å². The van der Waals surface area contributed by atoms with E-state index in [0.717, 1.165) is 24.0 Å². The number of fused-ring (bicyclic) bond motifs is 1. The standard InChI is InChI=1S/C21H24N2O2/c1-3-4-13-22-20(24)19-17-7-5-6-8-18(17)21(25)23(19)14-16-11-9-15(2)10-12-16/h5-12,19H,3-4,13-14H2,1-2H3,(H,22,24). The molecular weight excluding hydrogens is 312 g/mol. The van der Waals surface area contributed by atoms with Crippen molar-refractivity contribution in [3.8, 4) is 0 Å². The molecule has 0 saturated carbocycles. The first-order valence-corrected chi connectivity index (χ1v) is 8.85. The summed E-state index contributed by atoms with van der Waals surface area (Å²) < 4.78 is 0. The second-order valence-corrected chi connectivity index (χ2v) is 6.55. The van der Waals surface area contributed by atoms with E-state index in [2.05, 4.69) is 12.2 Å². The van der Waals surface area contributed by atoms with E-state index in [1.165, 1.54) is 5.56 Å². The van der Waals surface area contributed by atoms with Crippen molar-refractivity contribution in [2.24, 2.45) is 0 Å². The molecule has 0 saturated heterocycles. The van der Waals surface area contributed by atoms with Gasteiger partial charge in [0.1, 0.15) is 6.04 Å². The predicted octanol–water partition coefficient (Wildman–Crippen LogP) is 3.61. The number of benzene rings is 2. The smallest absolute Gasteiger partial charge is 0.255 e. The second kappa shape index (κ2) is 7.51. The number of amides is 2. The summed E-state index contributed by atoms with van der Waals surface area (Å²) in [6, 6.07) is 14.9. The van der Waals surface area contributed by atoms with Gasteiger partial charge in [0.2, 0.25) is 5.91 Å². The molecule has 25 heavy (non-hydrogen) atoms. The molecule has 1 heterocycles. The molecule has 2 aromatic rings. The fourth-order valence-electron chi connectivity index (χ4n) is 3.19. The Kier molecular flexibility index (Phi) is 5.17. The molecule has 1 aliphatic rings. The second-order valence-electron chi connectivity index (χ2n) is 6.55. The van der Waals surface area contributed by atoms with E-state index in [1.54, 1.807) is 11.0 Å². The zero-order valence-corrected chi connectivity index (χ0v) is 14.8. The van der Waals surface area contributed by atoms with Crippen LogP contribution in [0.5, 0.6) is 0 Å². The largest absolute Gasteiger partial charge is 0.354 e. The quantitative estimate of drug-likeness (QED) is 0.819. The summed E-state index contributed by atoms with van der Waals surface area (Å²) >= 11 is 0. The van der Waals surface area contributed by atoms with Gasteiger partial charge in [0.15, 0.2) is 0 Å². The summed E-state index contributed by atoms with van der Waals surface area (Å²) in [6.07, 6.45) is 1.96. The highest BCUT2D eigenvalue weighted by atomic mass is 16.2. The Morgan fingerprint density at radius 1 is 1.12 bits per heavy atom. The molecular formula is C21H24N2O2. The number of hydrogen-bond acceptors (Lipinski definition) is 2. The third-order valence-electron chi connectivity index (χ3n) is 4.61. The van der Waals surface area contributed by atoms with Crippen molar-refractivity contribution in [2.75, 3.05) is 6.54 Å². The highest BCUT2D eigenvalue weighted by molar-refractivity contribution is 6.04. The molecule has 2 amide bonds. The van der Waals surface area contributed by atoms with Crippen LogP contribution < -0.4 is 5.32 Å². The third kappa shape index (κ3) is 3.58. The molecule has 0 radical (unpaired) electrons. The topological polar surface area (TPSA) is 49.4 Å². The van der Waals surface area contributed by atoms with Gasteiger partial charge in [0.25, 0.3) is 5.91 Å². The number of hydrogen-bond donors (Lipinski definition) is 1. The van der Waals surface area contributed by atoms with Gasteiger partial charge in [-0.25, -0.2) is 0 Å². The third-order valence-corrected chi connectivity index (χ3v) is 4.61. The lowest BCUT2D eigenvalue weighted by molar-refractivity contribution is -0.125. The van der Waals surface area contributed by atoms with Crippen LogP contribution in [0.15, 0.2) is 48.5 Å². The molecule has 2 aromatic carbocycles. The van der Waals surface area contributed by atoms with Crippen LogP contribution in [0.25, 0.3) is 0 Å². The average Bonchev–Trinajstić information content (AvgIpc) is 2.90. The van der Waals surface area contributed by atoms with Gasteiger partial charge in [0, 0.05) is 18.7 Å². The van der Waals surface area contributed by atoms with Crippen LogP contribution in [0, 0.1) is 6.92 Å². The highest BCUT2D eigenvalue weighted by Crippen LogP contribution is 2.34. The fourth-order valence-corrected chi connectivity index (χ4v) is 3.19. The Hall–Kier alpha value is -2.62. The average molecular weight is 336 g/mol. The number of unbranched alkanes of at least 4 members (excludes halogenated alkanes) is 1. The van der Waals surface area contributed by atoms with Gasteiger partial charge in [0.05, 0.1) is 0 Å². The van der Waals surface area contributed by atoms with Crippen LogP contribution in [0.4, 0.5) is 0 Å². The monoisotopic (exact) mass is 336 g/mol. The van der Waals surface area contributed by atoms with Gasteiger partial charge >= 0.3 is 0 Å². The van der Waals surface area contributed by atoms with E-state index in [9.17, 15) is 9.59 Å². The minimum absolute atomic E-state index is 0.0770. The van der Waals surface area contributed by atoms with Crippen molar-refractivity contribution in [1.29, 1.82) is 0 Å². The van der Waals surface area contributed by atoms with E-state index in [1.807, 2.05) is 49.4 Å².